The van der Waals surface area contributed by atoms with Crippen molar-refractivity contribution in [2.75, 3.05) is 0 Å². The second kappa shape index (κ2) is 5.25. The van der Waals surface area contributed by atoms with Gasteiger partial charge in [0.05, 0.1) is 11.1 Å². The molecule has 3 rings (SSSR count). The highest BCUT2D eigenvalue weighted by atomic mass is 16.6. The highest BCUT2D eigenvalue weighted by Crippen LogP contribution is 2.36. The van der Waals surface area contributed by atoms with E-state index in [4.69, 9.17) is 0 Å². The predicted octanol–water partition coefficient (Wildman–Crippen LogP) is 2.33. The fourth-order valence-electron chi connectivity index (χ4n) is 2.80. The monoisotopic (exact) mass is 288 g/mol. The van der Waals surface area contributed by atoms with E-state index in [1.54, 1.807) is 24.4 Å². The van der Waals surface area contributed by atoms with Crippen molar-refractivity contribution in [1.29, 1.82) is 0 Å². The van der Waals surface area contributed by atoms with Crippen molar-refractivity contribution in [2.45, 2.75) is 37.7 Å². The number of aliphatic hydroxyl groups is 1. The molecule has 21 heavy (non-hydrogen) atoms. The van der Waals surface area contributed by atoms with Crippen LogP contribution in [0.25, 0.3) is 5.69 Å². The second-order valence-corrected chi connectivity index (χ2v) is 5.39. The maximum atomic E-state index is 11.1. The van der Waals surface area contributed by atoms with E-state index in [1.807, 2.05) is 0 Å². The summed E-state index contributed by atoms with van der Waals surface area (Å²) in [5.74, 6) is 0. The van der Waals surface area contributed by atoms with Gasteiger partial charge in [-0.2, -0.15) is 0 Å². The van der Waals surface area contributed by atoms with E-state index in [0.29, 0.717) is 24.2 Å². The topological polar surface area (TPSA) is 94.1 Å². The molecule has 7 nitrogen and oxygen atoms in total. The van der Waals surface area contributed by atoms with Crippen LogP contribution in [0.1, 0.15) is 37.8 Å². The van der Waals surface area contributed by atoms with Gasteiger partial charge in [0.2, 0.25) is 0 Å². The number of hydrogen-bond donors (Lipinski definition) is 1. The average Bonchev–Trinajstić information content (AvgIpc) is 2.98. The lowest BCUT2D eigenvalue weighted by Crippen LogP contribution is -2.28. The number of nitro groups is 1. The molecule has 1 aliphatic rings. The van der Waals surface area contributed by atoms with E-state index < -0.39 is 10.5 Å². The van der Waals surface area contributed by atoms with Crippen LogP contribution in [0.4, 0.5) is 5.69 Å². The third-order valence-corrected chi connectivity index (χ3v) is 3.98. The summed E-state index contributed by atoms with van der Waals surface area (Å²) in [6, 6.07) is 6.35. The number of para-hydroxylation sites is 2. The highest BCUT2D eigenvalue weighted by Gasteiger charge is 2.34. The Balaban J connectivity index is 1.97. The number of aromatic nitrogens is 3. The van der Waals surface area contributed by atoms with Gasteiger partial charge in [-0.1, -0.05) is 36.6 Å². The Kier molecular flexibility index (Phi) is 3.42. The minimum absolute atomic E-state index is 0.0374. The Morgan fingerprint density at radius 1 is 1.24 bits per heavy atom. The molecule has 0 saturated heterocycles. The molecule has 0 aliphatic heterocycles. The fraction of sp³-hybridized carbons (Fsp3) is 0.429. The Bertz CT molecular complexity index is 662. The minimum Gasteiger partial charge on any atom is -0.383 e. The molecule has 0 bridgehead atoms. The van der Waals surface area contributed by atoms with Crippen LogP contribution in [0.15, 0.2) is 30.5 Å². The molecule has 7 heteroatoms. The normalized spacial score (nSPS) is 17.6. The van der Waals surface area contributed by atoms with Crippen molar-refractivity contribution in [3.63, 3.8) is 0 Å². The van der Waals surface area contributed by atoms with Gasteiger partial charge in [0, 0.05) is 6.07 Å². The molecule has 2 aromatic rings. The summed E-state index contributed by atoms with van der Waals surface area (Å²) in [7, 11) is 0. The molecular formula is C14H16N4O3. The molecular weight excluding hydrogens is 272 g/mol. The van der Waals surface area contributed by atoms with Gasteiger partial charge in [0.25, 0.3) is 5.69 Å². The average molecular weight is 288 g/mol. The van der Waals surface area contributed by atoms with Crippen LogP contribution < -0.4 is 0 Å². The van der Waals surface area contributed by atoms with Crippen LogP contribution in [0.3, 0.4) is 0 Å². The number of rotatable bonds is 3. The van der Waals surface area contributed by atoms with Crippen LogP contribution in [-0.2, 0) is 5.60 Å². The predicted molar refractivity (Wildman–Crippen MR) is 75.0 cm³/mol. The standard InChI is InChI=1S/C14H16N4O3/c19-14(8-4-1-5-9-14)13-10-17(16-15-13)11-6-2-3-7-12(11)18(20)21/h2-3,6-7,10,19H,1,4-5,8-9H2. The van der Waals surface area contributed by atoms with Gasteiger partial charge in [-0.25, -0.2) is 4.68 Å². The van der Waals surface area contributed by atoms with Crippen molar-refractivity contribution in [1.82, 2.24) is 15.0 Å². The first-order chi connectivity index (χ1) is 10.1. The van der Waals surface area contributed by atoms with Crippen molar-refractivity contribution in [3.8, 4) is 5.69 Å². The van der Waals surface area contributed by atoms with Crippen LogP contribution in [-0.4, -0.2) is 25.0 Å². The first-order valence-corrected chi connectivity index (χ1v) is 6.99. The zero-order chi connectivity index (χ0) is 14.9. The molecule has 1 N–H and O–H groups in total. The fourth-order valence-corrected chi connectivity index (χ4v) is 2.80. The number of nitrogens with zero attached hydrogens (tertiary/aromatic N) is 4. The van der Waals surface area contributed by atoms with Crippen LogP contribution >= 0.6 is 0 Å². The molecule has 0 atom stereocenters. The van der Waals surface area contributed by atoms with E-state index in [9.17, 15) is 15.2 Å². The number of benzene rings is 1. The van der Waals surface area contributed by atoms with Gasteiger partial charge >= 0.3 is 0 Å². The second-order valence-electron chi connectivity index (χ2n) is 5.39. The third-order valence-electron chi connectivity index (χ3n) is 3.98. The molecule has 0 radical (unpaired) electrons. The summed E-state index contributed by atoms with van der Waals surface area (Å²) in [4.78, 5) is 10.6. The van der Waals surface area contributed by atoms with Crippen molar-refractivity contribution in [2.24, 2.45) is 0 Å². The maximum Gasteiger partial charge on any atom is 0.294 e. The Labute approximate surface area is 121 Å². The third kappa shape index (κ3) is 2.52. The van der Waals surface area contributed by atoms with Crippen molar-refractivity contribution >= 4 is 5.69 Å². The molecule has 1 aromatic carbocycles. The van der Waals surface area contributed by atoms with Crippen LogP contribution in [0.5, 0.6) is 0 Å². The van der Waals surface area contributed by atoms with Gasteiger partial charge in [-0.3, -0.25) is 10.1 Å². The zero-order valence-electron chi connectivity index (χ0n) is 11.5. The summed E-state index contributed by atoms with van der Waals surface area (Å²) in [6.07, 6.45) is 5.92. The zero-order valence-corrected chi connectivity index (χ0v) is 11.5. The molecule has 1 heterocycles. The summed E-state index contributed by atoms with van der Waals surface area (Å²) >= 11 is 0. The summed E-state index contributed by atoms with van der Waals surface area (Å²) in [5, 5.41) is 29.7. The lowest BCUT2D eigenvalue weighted by atomic mass is 9.83. The molecule has 1 saturated carbocycles. The van der Waals surface area contributed by atoms with Gasteiger partial charge in [0.15, 0.2) is 0 Å². The molecule has 1 fully saturated rings. The van der Waals surface area contributed by atoms with Gasteiger partial charge in [-0.15, -0.1) is 5.10 Å². The Morgan fingerprint density at radius 2 is 1.95 bits per heavy atom. The van der Waals surface area contributed by atoms with E-state index in [2.05, 4.69) is 10.3 Å². The van der Waals surface area contributed by atoms with E-state index >= 15 is 0 Å². The first-order valence-electron chi connectivity index (χ1n) is 6.99. The molecule has 110 valence electrons. The van der Waals surface area contributed by atoms with E-state index in [-0.39, 0.29) is 5.69 Å². The van der Waals surface area contributed by atoms with Crippen molar-refractivity contribution in [3.05, 3.63) is 46.3 Å². The van der Waals surface area contributed by atoms with Gasteiger partial charge < -0.3 is 5.11 Å². The molecule has 0 unspecified atom stereocenters. The molecule has 0 amide bonds. The molecule has 1 aliphatic carbocycles. The maximum absolute atomic E-state index is 11.1. The molecule has 0 spiro atoms. The highest BCUT2D eigenvalue weighted by molar-refractivity contribution is 5.51. The quantitative estimate of drug-likeness (QED) is 0.691. The van der Waals surface area contributed by atoms with Gasteiger partial charge in [0.1, 0.15) is 17.0 Å². The lowest BCUT2D eigenvalue weighted by molar-refractivity contribution is -0.384. The smallest absolute Gasteiger partial charge is 0.294 e. The number of hydrogen-bond acceptors (Lipinski definition) is 5. The minimum atomic E-state index is -0.958. The Morgan fingerprint density at radius 3 is 2.67 bits per heavy atom. The van der Waals surface area contributed by atoms with E-state index in [1.165, 1.54) is 10.7 Å². The molecule has 1 aromatic heterocycles. The lowest BCUT2D eigenvalue weighted by Gasteiger charge is -2.29. The van der Waals surface area contributed by atoms with E-state index in [0.717, 1.165) is 19.3 Å². The van der Waals surface area contributed by atoms with Gasteiger partial charge in [-0.05, 0) is 18.9 Å². The van der Waals surface area contributed by atoms with Crippen LogP contribution in [0.2, 0.25) is 0 Å². The Hall–Kier alpha value is -2.28. The summed E-state index contributed by atoms with van der Waals surface area (Å²) in [6.45, 7) is 0. The largest absolute Gasteiger partial charge is 0.383 e. The van der Waals surface area contributed by atoms with Crippen molar-refractivity contribution < 1.29 is 10.0 Å². The summed E-state index contributed by atoms with van der Waals surface area (Å²) < 4.78 is 1.36. The summed E-state index contributed by atoms with van der Waals surface area (Å²) in [5.41, 5.74) is -0.161. The first kappa shape index (κ1) is 13.7. The SMILES string of the molecule is O=[N+]([O-])c1ccccc1-n1cc(C2(O)CCCCC2)nn1. The van der Waals surface area contributed by atoms with Crippen LogP contribution in [0, 0.1) is 10.1 Å². The number of nitro benzene ring substituents is 1.